The number of anilines is 3. The van der Waals surface area contributed by atoms with Crippen LogP contribution in [0.5, 0.6) is 0 Å². The molecule has 123 heavy (non-hydrogen) atoms. The quantitative estimate of drug-likeness (QED) is 0.0246. The summed E-state index contributed by atoms with van der Waals surface area (Å²) in [4.78, 5) is 196. The van der Waals surface area contributed by atoms with E-state index in [0.29, 0.717) is 49.3 Å². The fourth-order valence-corrected chi connectivity index (χ4v) is 15.4. The van der Waals surface area contributed by atoms with E-state index in [2.05, 4.69) is 73.1 Å². The summed E-state index contributed by atoms with van der Waals surface area (Å²) in [5, 5.41) is 59.5. The van der Waals surface area contributed by atoms with E-state index in [4.69, 9.17) is 25.7 Å². The number of H-pyrrole nitrogens is 1. The lowest BCUT2D eigenvalue weighted by molar-refractivity contribution is -0.148. The lowest BCUT2D eigenvalue weighted by Crippen LogP contribution is -2.59. The van der Waals surface area contributed by atoms with Gasteiger partial charge in [0.05, 0.1) is 73.6 Å². The Balaban J connectivity index is 0.889. The number of likely N-dealkylation sites (N-methyl/N-ethyl adjacent to an activating group) is 2. The maximum atomic E-state index is 14.7. The Hall–Kier alpha value is -11.3. The molecule has 2 aliphatic heterocycles. The molecule has 2 aromatic heterocycles. The number of hydrogen-bond donors (Lipinski definition) is 16. The Bertz CT molecular complexity index is 4460. The first-order valence-electron chi connectivity index (χ1n) is 41.8. The predicted molar refractivity (Wildman–Crippen MR) is 457 cm³/mol. The largest absolute Gasteiger partial charge is 0.480 e. The van der Waals surface area contributed by atoms with E-state index >= 15 is 0 Å². The lowest BCUT2D eigenvalue weighted by atomic mass is 9.89. The number of nitrogens with one attached hydrogen (secondary N) is 11. The van der Waals surface area contributed by atoms with Crippen LogP contribution in [0.3, 0.4) is 0 Å². The number of likely N-dealkylation sites (tertiary alicyclic amines) is 1. The van der Waals surface area contributed by atoms with Crippen LogP contribution < -0.4 is 70.2 Å². The van der Waals surface area contributed by atoms with Crippen LogP contribution in [0.25, 0.3) is 11.2 Å². The van der Waals surface area contributed by atoms with Gasteiger partial charge in [-0.2, -0.15) is 4.98 Å². The zero-order chi connectivity index (χ0) is 90.6. The van der Waals surface area contributed by atoms with Gasteiger partial charge in [0.2, 0.25) is 59.1 Å². The number of aliphatic carboxylic acids is 1. The van der Waals surface area contributed by atoms with Gasteiger partial charge in [0.15, 0.2) is 11.2 Å². The molecule has 38 nitrogen and oxygen atoms in total. The Morgan fingerprint density at radius 2 is 1.34 bits per heavy atom. The van der Waals surface area contributed by atoms with Crippen LogP contribution in [0, 0.1) is 29.6 Å². The minimum Gasteiger partial charge on any atom is -0.480 e. The van der Waals surface area contributed by atoms with Gasteiger partial charge >= 0.3 is 12.0 Å². The number of amides is 12. The number of fused-ring (bicyclic) bond motifs is 1. The average molecular weight is 1720 g/mol. The van der Waals surface area contributed by atoms with Crippen molar-refractivity contribution >= 4 is 99.6 Å². The number of aromatic amines is 1. The van der Waals surface area contributed by atoms with Crippen molar-refractivity contribution in [3.63, 3.8) is 0 Å². The van der Waals surface area contributed by atoms with Gasteiger partial charge < -0.3 is 104 Å². The molecule has 3 aromatic carbocycles. The first kappa shape index (κ1) is 98.8. The van der Waals surface area contributed by atoms with Crippen molar-refractivity contribution in [3.8, 4) is 0 Å². The number of nitrogen functional groups attached to an aromatic ring is 1. The monoisotopic (exact) mass is 1720 g/mol. The number of benzene rings is 3. The second-order valence-electron chi connectivity index (χ2n) is 32.8. The minimum absolute atomic E-state index is 0.00382. The molecule has 5 aromatic rings. The van der Waals surface area contributed by atoms with E-state index in [1.54, 1.807) is 74.0 Å². The number of methoxy groups -OCH3 is 2. The molecule has 0 aliphatic carbocycles. The molecule has 4 heterocycles. The van der Waals surface area contributed by atoms with Crippen molar-refractivity contribution in [2.45, 2.75) is 224 Å². The molecule has 0 bridgehead atoms. The number of aromatic nitrogens is 4. The highest BCUT2D eigenvalue weighted by Crippen LogP contribution is 2.31. The predicted octanol–water partition coefficient (Wildman–Crippen LogP) is 1.61. The SMILES string of the molecule is CCC(C)C(C(CC(=O)N1CCCC1C(OC)C(C)C(=O)N[C@@H](Cc1ccccc1)C(=O)NCCc1ccc(NC(=O)C(CCCNC(N)=O)NC(=O)[C@H](NC(=O)C[C@@H]2O[C@H](CNC(=O)CC[C@H](NC(=O)c3ccc(NCc4cnc5nc(N)[nH]c(=O)c5n4)cc3)C(=O)O)C(O)C2O)C(C)C)cc1)OC)N(C)C(=O)[C@@H](NC(=O)C(C(C)C)N(C)C)C(C)C. The number of ether oxygens (including phenoxy) is 3. The zero-order valence-electron chi connectivity index (χ0n) is 72.6. The minimum atomic E-state index is -1.64. The number of nitrogens with zero attached hydrogens (tertiary/aromatic N) is 6. The fraction of sp³-hybridized carbons (Fsp3) is 0.576. The highest BCUT2D eigenvalue weighted by atomic mass is 16.5. The van der Waals surface area contributed by atoms with Crippen molar-refractivity contribution in [1.82, 2.24) is 77.2 Å². The van der Waals surface area contributed by atoms with Gasteiger partial charge in [-0.3, -0.25) is 62.6 Å². The van der Waals surface area contributed by atoms with Crippen LogP contribution in [0.2, 0.25) is 0 Å². The summed E-state index contributed by atoms with van der Waals surface area (Å²) in [7, 11) is 8.35. The number of carbonyl (C=O) groups is 12. The van der Waals surface area contributed by atoms with Crippen LogP contribution >= 0.6 is 0 Å². The van der Waals surface area contributed by atoms with Gasteiger partial charge in [-0.25, -0.2) is 19.6 Å². The molecule has 2 aliphatic rings. The number of aliphatic hydroxyl groups excluding tert-OH is 2. The zero-order valence-corrected chi connectivity index (χ0v) is 72.6. The lowest BCUT2D eigenvalue weighted by Gasteiger charge is -2.41. The molecular formula is C85H125N19O19. The van der Waals surface area contributed by atoms with Crippen LogP contribution in [0.4, 0.5) is 22.1 Å². The van der Waals surface area contributed by atoms with E-state index < -0.39 is 169 Å². The number of rotatable bonds is 47. The topological polar surface area (TPSA) is 547 Å². The molecule has 38 heteroatoms. The molecule has 10 unspecified atom stereocenters. The molecule has 674 valence electrons. The molecular weight excluding hydrogens is 1590 g/mol. The molecule has 7 rings (SSSR count). The third-order valence-corrected chi connectivity index (χ3v) is 22.4. The number of primary amides is 1. The van der Waals surface area contributed by atoms with E-state index in [9.17, 15) is 77.6 Å². The number of carboxylic acids is 1. The van der Waals surface area contributed by atoms with Crippen molar-refractivity contribution in [2.75, 3.05) is 77.9 Å². The number of carboxylic acid groups (broad SMARTS) is 1. The molecule has 16 atom stereocenters. The van der Waals surface area contributed by atoms with E-state index in [-0.39, 0.29) is 116 Å². The summed E-state index contributed by atoms with van der Waals surface area (Å²) in [6, 6.07) is 13.7. The highest BCUT2D eigenvalue weighted by molar-refractivity contribution is 5.99. The second kappa shape index (κ2) is 47.4. The fourth-order valence-electron chi connectivity index (χ4n) is 15.4. The normalized spacial score (nSPS) is 18.5. The maximum Gasteiger partial charge on any atom is 0.326 e. The van der Waals surface area contributed by atoms with Crippen LogP contribution in [0.15, 0.2) is 89.9 Å². The third-order valence-electron chi connectivity index (χ3n) is 22.4. The second-order valence-corrected chi connectivity index (χ2v) is 32.8. The third kappa shape index (κ3) is 28.6. The maximum absolute atomic E-state index is 14.7. The van der Waals surface area contributed by atoms with E-state index in [1.807, 2.05) is 90.9 Å². The van der Waals surface area contributed by atoms with Gasteiger partial charge in [-0.15, -0.1) is 0 Å². The van der Waals surface area contributed by atoms with Gasteiger partial charge in [0, 0.05) is 77.2 Å². The number of urea groups is 1. The molecule has 0 radical (unpaired) electrons. The molecule has 0 spiro atoms. The summed E-state index contributed by atoms with van der Waals surface area (Å²) < 4.78 is 18.0. The number of nitrogens with two attached hydrogens (primary N) is 2. The highest BCUT2D eigenvalue weighted by Gasteiger charge is 2.46. The Morgan fingerprint density at radius 1 is 0.683 bits per heavy atom. The first-order valence-corrected chi connectivity index (χ1v) is 41.8. The molecule has 2 fully saturated rings. The molecule has 18 N–H and O–H groups in total. The number of hydrogen-bond acceptors (Lipinski definition) is 24. The Labute approximate surface area is 716 Å². The van der Waals surface area contributed by atoms with Crippen LogP contribution in [-0.2, 0) is 81.5 Å². The summed E-state index contributed by atoms with van der Waals surface area (Å²) in [5.74, 6) is -8.72. The van der Waals surface area contributed by atoms with Gasteiger partial charge in [0.1, 0.15) is 48.5 Å². The van der Waals surface area contributed by atoms with Crippen molar-refractivity contribution in [3.05, 3.63) is 118 Å². The van der Waals surface area contributed by atoms with Crippen LogP contribution in [-0.4, -0.2) is 268 Å². The van der Waals surface area contributed by atoms with Crippen LogP contribution in [0.1, 0.15) is 147 Å². The van der Waals surface area contributed by atoms with Gasteiger partial charge in [0.25, 0.3) is 11.5 Å². The van der Waals surface area contributed by atoms with Crippen molar-refractivity contribution < 1.29 is 87.1 Å². The number of aliphatic hydroxyl groups is 2. The Morgan fingerprint density at radius 3 is 1.96 bits per heavy atom. The molecule has 12 amide bonds. The Kier molecular flexibility index (Phi) is 38.0. The van der Waals surface area contributed by atoms with Crippen molar-refractivity contribution in [1.29, 1.82) is 0 Å². The van der Waals surface area contributed by atoms with E-state index in [1.165, 1.54) is 32.5 Å². The van der Waals surface area contributed by atoms with Gasteiger partial charge in [-0.1, -0.05) is 111 Å². The molecule has 0 saturated carbocycles. The molecule has 2 saturated heterocycles. The standard InChI is InChI=1S/C85H125N19O19/c1-15-48(8)70(103(12)82(117)67(46(4)5)99-81(116)69(47(6)7)102(10)11)60(121-13)41-65(107)104-38-20-24-59(104)73(122-14)49(9)75(110)97-58(39-51-21-17-16-18-22-51)77(112)88-37-35-50-25-29-54(30-26-50)94-78(113)56(23-19-36-89-85(87)120)95-79(114)66(45(2)3)98-64(106)40-61-71(108)72(109)62(123-61)44-91-63(105)34-33-57(83(118)119)96-76(111)52-27-31-53(32-28-52)90-42-55-43-92-74-68(93-55)80(115)101-84(86)100-74/h16-18,21-22,25-32,43,45-49,56-62,66-67,69-73,90,108-109H,15,19-20,23-24,33-42,44H2,1-14H3,(H,88,112)(H,91,105)(H,94,113)(H,95,114)(H,96,111)(H,97,110)(H,98,106)(H,99,116)(H,118,119)(H3,87,89,120)(H3,86,92,100,101,115)/t48?,49?,56?,57-,58-,59?,60?,61-,62+,66+,67-,69?,70?,71?,72?,73?/m0/s1. The van der Waals surface area contributed by atoms with E-state index in [0.717, 1.165) is 11.1 Å². The average Bonchev–Trinajstić information content (AvgIpc) is 1.80. The summed E-state index contributed by atoms with van der Waals surface area (Å²) in [6.45, 7) is 17.0. The summed E-state index contributed by atoms with van der Waals surface area (Å²) >= 11 is 0. The smallest absolute Gasteiger partial charge is 0.326 e. The first-order chi connectivity index (χ1) is 58.3. The summed E-state index contributed by atoms with van der Waals surface area (Å²) in [5.41, 5.74) is 13.3. The summed E-state index contributed by atoms with van der Waals surface area (Å²) in [6.07, 6.45) is -4.88. The van der Waals surface area contributed by atoms with Gasteiger partial charge in [-0.05, 0) is 124 Å². The number of carbonyl (C=O) groups excluding carboxylic acids is 11. The van der Waals surface area contributed by atoms with Crippen molar-refractivity contribution in [2.24, 2.45) is 35.3 Å².